The maximum atomic E-state index is 12.6. The van der Waals surface area contributed by atoms with E-state index < -0.39 is 0 Å². The lowest BCUT2D eigenvalue weighted by Gasteiger charge is -1.99. The fourth-order valence-corrected chi connectivity index (χ4v) is 4.98. The first-order valence-electron chi connectivity index (χ1n) is 7.54. The standard InChI is InChI=1S/C18H13ClN2OS2/c1-2-10-6-5-9-13-15(10)20-18(24-13)21-17(22)16-14(19)11-7-3-4-8-12(11)23-16/h3-9H,2H2,1H3,(H,20,21,22). The minimum Gasteiger partial charge on any atom is -0.297 e. The van der Waals surface area contributed by atoms with Crippen LogP contribution in [0.2, 0.25) is 5.02 Å². The van der Waals surface area contributed by atoms with Crippen molar-refractivity contribution in [3.8, 4) is 0 Å². The normalized spacial score (nSPS) is 11.2. The number of carbonyl (C=O) groups excluding carboxylic acids is 1. The molecule has 1 amide bonds. The van der Waals surface area contributed by atoms with Gasteiger partial charge in [0.1, 0.15) is 4.88 Å². The van der Waals surface area contributed by atoms with Crippen molar-refractivity contribution in [1.29, 1.82) is 0 Å². The molecule has 0 fully saturated rings. The number of halogens is 1. The van der Waals surface area contributed by atoms with Crippen LogP contribution in [0.3, 0.4) is 0 Å². The number of amides is 1. The van der Waals surface area contributed by atoms with Crippen LogP contribution in [-0.2, 0) is 6.42 Å². The van der Waals surface area contributed by atoms with Gasteiger partial charge in [0.15, 0.2) is 5.13 Å². The van der Waals surface area contributed by atoms with Gasteiger partial charge in [0.25, 0.3) is 5.91 Å². The number of hydrogen-bond donors (Lipinski definition) is 1. The molecule has 0 bridgehead atoms. The third-order valence-electron chi connectivity index (χ3n) is 3.85. The van der Waals surface area contributed by atoms with Gasteiger partial charge >= 0.3 is 0 Å². The monoisotopic (exact) mass is 372 g/mol. The number of hydrogen-bond acceptors (Lipinski definition) is 4. The van der Waals surface area contributed by atoms with Crippen molar-refractivity contribution in [2.45, 2.75) is 13.3 Å². The molecule has 0 saturated carbocycles. The smallest absolute Gasteiger partial charge is 0.269 e. The Morgan fingerprint density at radius 2 is 1.92 bits per heavy atom. The average molecular weight is 373 g/mol. The molecule has 120 valence electrons. The van der Waals surface area contributed by atoms with Crippen LogP contribution in [0.1, 0.15) is 22.2 Å². The zero-order valence-corrected chi connectivity index (χ0v) is 15.2. The van der Waals surface area contributed by atoms with Gasteiger partial charge in [-0.1, -0.05) is 60.2 Å². The number of benzene rings is 2. The molecule has 1 N–H and O–H groups in total. The van der Waals surface area contributed by atoms with E-state index in [9.17, 15) is 4.79 Å². The Morgan fingerprint density at radius 3 is 2.71 bits per heavy atom. The number of thiophene rings is 1. The molecule has 4 rings (SSSR count). The lowest BCUT2D eigenvalue weighted by atomic mass is 10.1. The summed E-state index contributed by atoms with van der Waals surface area (Å²) in [6.07, 6.45) is 0.913. The highest BCUT2D eigenvalue weighted by atomic mass is 35.5. The minimum atomic E-state index is -0.210. The van der Waals surface area contributed by atoms with Crippen LogP contribution in [-0.4, -0.2) is 10.9 Å². The summed E-state index contributed by atoms with van der Waals surface area (Å²) in [4.78, 5) is 17.7. The van der Waals surface area contributed by atoms with Crippen molar-refractivity contribution in [2.75, 3.05) is 5.32 Å². The third kappa shape index (κ3) is 2.59. The predicted molar refractivity (Wildman–Crippen MR) is 104 cm³/mol. The Kier molecular flexibility index (Phi) is 4.00. The first-order chi connectivity index (χ1) is 11.7. The second kappa shape index (κ2) is 6.16. The van der Waals surface area contributed by atoms with Crippen LogP contribution in [0, 0.1) is 0 Å². The van der Waals surface area contributed by atoms with Gasteiger partial charge in [0.05, 0.1) is 15.2 Å². The fourth-order valence-electron chi connectivity index (χ4n) is 2.66. The predicted octanol–water partition coefficient (Wildman–Crippen LogP) is 5.98. The highest BCUT2D eigenvalue weighted by Gasteiger charge is 2.18. The Labute approximate surface area is 151 Å². The molecule has 0 aliphatic heterocycles. The maximum absolute atomic E-state index is 12.6. The van der Waals surface area contributed by atoms with Crippen LogP contribution < -0.4 is 5.32 Å². The molecule has 2 heterocycles. The lowest BCUT2D eigenvalue weighted by molar-refractivity contribution is 0.103. The molecule has 0 radical (unpaired) electrons. The first kappa shape index (κ1) is 15.6. The number of nitrogens with one attached hydrogen (secondary N) is 1. The maximum Gasteiger partial charge on any atom is 0.269 e. The Morgan fingerprint density at radius 1 is 1.12 bits per heavy atom. The molecule has 4 aromatic rings. The Bertz CT molecular complexity index is 1070. The Hall–Kier alpha value is -1.95. The summed E-state index contributed by atoms with van der Waals surface area (Å²) >= 11 is 9.26. The second-order valence-corrected chi connectivity index (χ2v) is 7.79. The van der Waals surface area contributed by atoms with Gasteiger partial charge in [-0.2, -0.15) is 0 Å². The van der Waals surface area contributed by atoms with E-state index in [4.69, 9.17) is 11.6 Å². The van der Waals surface area contributed by atoms with Crippen molar-refractivity contribution in [2.24, 2.45) is 0 Å². The molecule has 6 heteroatoms. The molecule has 0 atom stereocenters. The number of carbonyl (C=O) groups is 1. The molecule has 0 aliphatic rings. The zero-order valence-electron chi connectivity index (χ0n) is 12.8. The Balaban J connectivity index is 1.69. The molecular formula is C18H13ClN2OS2. The summed E-state index contributed by atoms with van der Waals surface area (Å²) in [6, 6.07) is 13.9. The second-order valence-electron chi connectivity index (χ2n) is 5.33. The summed E-state index contributed by atoms with van der Waals surface area (Å²) in [5, 5.41) is 4.91. The van der Waals surface area contributed by atoms with Crippen molar-refractivity contribution >= 4 is 65.6 Å². The van der Waals surface area contributed by atoms with Gasteiger partial charge in [-0.05, 0) is 24.1 Å². The SMILES string of the molecule is CCc1cccc2sc(NC(=O)c3sc4ccccc4c3Cl)nc12. The van der Waals surface area contributed by atoms with Crippen molar-refractivity contribution in [3.63, 3.8) is 0 Å². The van der Waals surface area contributed by atoms with Crippen LogP contribution in [0.15, 0.2) is 42.5 Å². The number of nitrogens with zero attached hydrogens (tertiary/aromatic N) is 1. The summed E-state index contributed by atoms with van der Waals surface area (Å²) in [5.74, 6) is -0.210. The van der Waals surface area contributed by atoms with Gasteiger partial charge in [-0.15, -0.1) is 11.3 Å². The summed E-state index contributed by atoms with van der Waals surface area (Å²) in [7, 11) is 0. The molecule has 0 saturated heterocycles. The van der Waals surface area contributed by atoms with Gasteiger partial charge in [-0.3, -0.25) is 10.1 Å². The van der Waals surface area contributed by atoms with E-state index in [1.807, 2.05) is 36.4 Å². The number of thiazole rings is 1. The van der Waals surface area contributed by atoms with E-state index in [0.717, 1.165) is 26.7 Å². The zero-order chi connectivity index (χ0) is 16.7. The van der Waals surface area contributed by atoms with Crippen molar-refractivity contribution < 1.29 is 4.79 Å². The van der Waals surface area contributed by atoms with E-state index in [1.165, 1.54) is 28.2 Å². The van der Waals surface area contributed by atoms with E-state index in [1.54, 1.807) is 0 Å². The van der Waals surface area contributed by atoms with Crippen molar-refractivity contribution in [1.82, 2.24) is 4.98 Å². The first-order valence-corrected chi connectivity index (χ1v) is 9.55. The van der Waals surface area contributed by atoms with E-state index in [0.29, 0.717) is 15.0 Å². The number of para-hydroxylation sites is 1. The fraction of sp³-hybridized carbons (Fsp3) is 0.111. The van der Waals surface area contributed by atoms with E-state index in [2.05, 4.69) is 23.3 Å². The molecule has 24 heavy (non-hydrogen) atoms. The molecule has 3 nitrogen and oxygen atoms in total. The van der Waals surface area contributed by atoms with Crippen LogP contribution in [0.25, 0.3) is 20.3 Å². The molecule has 0 aliphatic carbocycles. The van der Waals surface area contributed by atoms with Gasteiger partial charge in [-0.25, -0.2) is 4.98 Å². The van der Waals surface area contributed by atoms with E-state index >= 15 is 0 Å². The summed E-state index contributed by atoms with van der Waals surface area (Å²) in [6.45, 7) is 2.10. The van der Waals surface area contributed by atoms with Crippen LogP contribution in [0.5, 0.6) is 0 Å². The van der Waals surface area contributed by atoms with Crippen LogP contribution in [0.4, 0.5) is 5.13 Å². The van der Waals surface area contributed by atoms with Crippen molar-refractivity contribution in [3.05, 3.63) is 57.9 Å². The molecular weight excluding hydrogens is 360 g/mol. The lowest BCUT2D eigenvalue weighted by Crippen LogP contribution is -2.10. The molecule has 2 aromatic carbocycles. The largest absolute Gasteiger partial charge is 0.297 e. The minimum absolute atomic E-state index is 0.210. The summed E-state index contributed by atoms with van der Waals surface area (Å²) in [5.41, 5.74) is 2.15. The van der Waals surface area contributed by atoms with Crippen LogP contribution >= 0.6 is 34.3 Å². The highest BCUT2D eigenvalue weighted by molar-refractivity contribution is 7.23. The number of rotatable bonds is 3. The highest BCUT2D eigenvalue weighted by Crippen LogP contribution is 2.36. The number of aromatic nitrogens is 1. The molecule has 0 spiro atoms. The third-order valence-corrected chi connectivity index (χ3v) is 6.46. The number of anilines is 1. The van der Waals surface area contributed by atoms with Gasteiger partial charge in [0.2, 0.25) is 0 Å². The van der Waals surface area contributed by atoms with Gasteiger partial charge < -0.3 is 0 Å². The number of aryl methyl sites for hydroxylation is 1. The summed E-state index contributed by atoms with van der Waals surface area (Å²) < 4.78 is 2.08. The molecule has 2 aromatic heterocycles. The topological polar surface area (TPSA) is 42.0 Å². The van der Waals surface area contributed by atoms with E-state index in [-0.39, 0.29) is 5.91 Å². The van der Waals surface area contributed by atoms with Gasteiger partial charge in [0, 0.05) is 10.1 Å². The number of fused-ring (bicyclic) bond motifs is 2. The average Bonchev–Trinajstić information content (AvgIpc) is 3.15. The quantitative estimate of drug-likeness (QED) is 0.480. The molecule has 0 unspecified atom stereocenters.